The standard InChI is InChI=1S/C14H16N4S2/c1-9-5-7-19-12(9)8-15-14-16-10(2)13(20-14)11-4-6-18(3)17-11/h4-7H,8H2,1-3H3,(H,15,16). The van der Waals surface area contributed by atoms with Crippen LogP contribution in [-0.4, -0.2) is 14.8 Å². The van der Waals surface area contributed by atoms with Crippen LogP contribution in [0.25, 0.3) is 10.6 Å². The molecule has 0 aliphatic rings. The molecule has 0 saturated carbocycles. The lowest BCUT2D eigenvalue weighted by molar-refractivity contribution is 0.771. The second kappa shape index (κ2) is 5.38. The Morgan fingerprint density at radius 2 is 2.15 bits per heavy atom. The number of hydrogen-bond donors (Lipinski definition) is 1. The molecular weight excluding hydrogens is 288 g/mol. The van der Waals surface area contributed by atoms with Crippen molar-refractivity contribution in [3.05, 3.63) is 39.8 Å². The highest BCUT2D eigenvalue weighted by atomic mass is 32.1. The van der Waals surface area contributed by atoms with Crippen molar-refractivity contribution in [2.75, 3.05) is 5.32 Å². The molecule has 6 heteroatoms. The maximum atomic E-state index is 4.59. The predicted octanol–water partition coefficient (Wildman–Crippen LogP) is 3.83. The summed E-state index contributed by atoms with van der Waals surface area (Å²) in [6.07, 6.45) is 1.95. The summed E-state index contributed by atoms with van der Waals surface area (Å²) in [6, 6.07) is 4.17. The Bertz CT molecular complexity index is 723. The van der Waals surface area contributed by atoms with Crippen molar-refractivity contribution >= 4 is 27.8 Å². The fraction of sp³-hybridized carbons (Fsp3) is 0.286. The number of nitrogens with zero attached hydrogens (tertiary/aromatic N) is 3. The van der Waals surface area contributed by atoms with Gasteiger partial charge in [-0.3, -0.25) is 4.68 Å². The first kappa shape index (κ1) is 13.3. The van der Waals surface area contributed by atoms with Gasteiger partial charge in [-0.05, 0) is 36.9 Å². The molecule has 0 radical (unpaired) electrons. The monoisotopic (exact) mass is 304 g/mol. The number of thiazole rings is 1. The van der Waals surface area contributed by atoms with Crippen molar-refractivity contribution in [3.8, 4) is 10.6 Å². The van der Waals surface area contributed by atoms with Crippen LogP contribution in [-0.2, 0) is 13.6 Å². The highest BCUT2D eigenvalue weighted by Crippen LogP contribution is 2.32. The molecule has 1 N–H and O–H groups in total. The number of hydrogen-bond acceptors (Lipinski definition) is 5. The lowest BCUT2D eigenvalue weighted by atomic mass is 10.3. The first-order valence-electron chi connectivity index (χ1n) is 6.38. The molecule has 0 amide bonds. The van der Waals surface area contributed by atoms with Crippen LogP contribution >= 0.6 is 22.7 Å². The van der Waals surface area contributed by atoms with E-state index in [2.05, 4.69) is 33.8 Å². The molecule has 3 heterocycles. The molecule has 0 bridgehead atoms. The van der Waals surface area contributed by atoms with Crippen LogP contribution in [0.4, 0.5) is 5.13 Å². The van der Waals surface area contributed by atoms with Crippen LogP contribution in [0, 0.1) is 13.8 Å². The van der Waals surface area contributed by atoms with E-state index in [1.165, 1.54) is 10.4 Å². The van der Waals surface area contributed by atoms with Gasteiger partial charge in [-0.2, -0.15) is 5.10 Å². The summed E-state index contributed by atoms with van der Waals surface area (Å²) in [5.41, 5.74) is 3.35. The van der Waals surface area contributed by atoms with Crippen molar-refractivity contribution in [1.29, 1.82) is 0 Å². The van der Waals surface area contributed by atoms with E-state index >= 15 is 0 Å². The van der Waals surface area contributed by atoms with Gasteiger partial charge in [0, 0.05) is 18.1 Å². The van der Waals surface area contributed by atoms with E-state index in [0.717, 1.165) is 27.9 Å². The Hall–Kier alpha value is -1.66. The Morgan fingerprint density at radius 3 is 2.80 bits per heavy atom. The maximum Gasteiger partial charge on any atom is 0.183 e. The Morgan fingerprint density at radius 1 is 1.30 bits per heavy atom. The molecular formula is C14H16N4S2. The predicted molar refractivity (Wildman–Crippen MR) is 85.4 cm³/mol. The largest absolute Gasteiger partial charge is 0.357 e. The normalized spacial score (nSPS) is 10.9. The first-order chi connectivity index (χ1) is 9.63. The van der Waals surface area contributed by atoms with Gasteiger partial charge in [0.1, 0.15) is 5.69 Å². The van der Waals surface area contributed by atoms with Gasteiger partial charge in [0.2, 0.25) is 0 Å². The molecule has 0 saturated heterocycles. The molecule has 0 unspecified atom stereocenters. The van der Waals surface area contributed by atoms with Crippen molar-refractivity contribution in [2.45, 2.75) is 20.4 Å². The van der Waals surface area contributed by atoms with Crippen LogP contribution in [0.1, 0.15) is 16.1 Å². The van der Waals surface area contributed by atoms with E-state index < -0.39 is 0 Å². The number of rotatable bonds is 4. The van der Waals surface area contributed by atoms with Gasteiger partial charge in [-0.1, -0.05) is 11.3 Å². The fourth-order valence-corrected chi connectivity index (χ4v) is 3.76. The van der Waals surface area contributed by atoms with Crippen LogP contribution in [0.5, 0.6) is 0 Å². The maximum absolute atomic E-state index is 4.59. The highest BCUT2D eigenvalue weighted by Gasteiger charge is 2.12. The molecule has 0 spiro atoms. The lowest BCUT2D eigenvalue weighted by Crippen LogP contribution is -1.97. The highest BCUT2D eigenvalue weighted by molar-refractivity contribution is 7.19. The quantitative estimate of drug-likeness (QED) is 0.796. The summed E-state index contributed by atoms with van der Waals surface area (Å²) in [5.74, 6) is 0. The van der Waals surface area contributed by atoms with Gasteiger partial charge in [0.05, 0.1) is 17.1 Å². The second-order valence-corrected chi connectivity index (χ2v) is 6.69. The number of aromatic nitrogens is 3. The summed E-state index contributed by atoms with van der Waals surface area (Å²) in [4.78, 5) is 7.08. The fourth-order valence-electron chi connectivity index (χ4n) is 1.99. The van der Waals surface area contributed by atoms with Crippen molar-refractivity contribution in [1.82, 2.24) is 14.8 Å². The van der Waals surface area contributed by atoms with E-state index in [9.17, 15) is 0 Å². The van der Waals surface area contributed by atoms with Gasteiger partial charge in [0.15, 0.2) is 5.13 Å². The van der Waals surface area contributed by atoms with E-state index in [1.54, 1.807) is 22.7 Å². The zero-order valence-electron chi connectivity index (χ0n) is 11.7. The topological polar surface area (TPSA) is 42.7 Å². The second-order valence-electron chi connectivity index (χ2n) is 4.69. The van der Waals surface area contributed by atoms with Crippen LogP contribution in [0.3, 0.4) is 0 Å². The van der Waals surface area contributed by atoms with Gasteiger partial charge >= 0.3 is 0 Å². The van der Waals surface area contributed by atoms with E-state index in [0.29, 0.717) is 0 Å². The van der Waals surface area contributed by atoms with Crippen molar-refractivity contribution < 1.29 is 0 Å². The third kappa shape index (κ3) is 2.62. The minimum absolute atomic E-state index is 0.831. The smallest absolute Gasteiger partial charge is 0.183 e. The van der Waals surface area contributed by atoms with Crippen LogP contribution in [0.15, 0.2) is 23.7 Å². The summed E-state index contributed by atoms with van der Waals surface area (Å²) in [6.45, 7) is 5.00. The molecule has 3 aromatic rings. The van der Waals surface area contributed by atoms with Crippen molar-refractivity contribution in [3.63, 3.8) is 0 Å². The number of thiophene rings is 1. The minimum atomic E-state index is 0.831. The van der Waals surface area contributed by atoms with E-state index in [1.807, 2.05) is 30.9 Å². The third-order valence-electron chi connectivity index (χ3n) is 3.11. The van der Waals surface area contributed by atoms with E-state index in [4.69, 9.17) is 0 Å². The molecule has 4 nitrogen and oxygen atoms in total. The molecule has 0 aliphatic carbocycles. The molecule has 3 rings (SSSR count). The Kier molecular flexibility index (Phi) is 3.58. The average Bonchev–Trinajstić information content (AvgIpc) is 3.09. The number of anilines is 1. The minimum Gasteiger partial charge on any atom is -0.357 e. The zero-order valence-corrected chi connectivity index (χ0v) is 13.3. The third-order valence-corrected chi connectivity index (χ3v) is 5.27. The van der Waals surface area contributed by atoms with Crippen molar-refractivity contribution in [2.24, 2.45) is 7.05 Å². The molecule has 0 atom stereocenters. The molecule has 104 valence electrons. The van der Waals surface area contributed by atoms with Gasteiger partial charge in [-0.25, -0.2) is 4.98 Å². The van der Waals surface area contributed by atoms with Gasteiger partial charge < -0.3 is 5.32 Å². The molecule has 20 heavy (non-hydrogen) atoms. The van der Waals surface area contributed by atoms with E-state index in [-0.39, 0.29) is 0 Å². The Balaban J connectivity index is 1.77. The summed E-state index contributed by atoms with van der Waals surface area (Å²) >= 11 is 3.44. The lowest BCUT2D eigenvalue weighted by Gasteiger charge is -2.00. The molecule has 0 aromatic carbocycles. The van der Waals surface area contributed by atoms with Gasteiger partial charge in [0.25, 0.3) is 0 Å². The summed E-state index contributed by atoms with van der Waals surface area (Å²) in [7, 11) is 1.93. The molecule has 3 aromatic heterocycles. The van der Waals surface area contributed by atoms with Crippen LogP contribution < -0.4 is 5.32 Å². The first-order valence-corrected chi connectivity index (χ1v) is 8.07. The molecule has 0 aliphatic heterocycles. The summed E-state index contributed by atoms with van der Waals surface area (Å²) < 4.78 is 1.82. The SMILES string of the molecule is Cc1ccsc1CNc1nc(C)c(-c2ccn(C)n2)s1. The zero-order chi connectivity index (χ0) is 14.1. The Labute approximate surface area is 126 Å². The average molecular weight is 304 g/mol. The van der Waals surface area contributed by atoms with Gasteiger partial charge in [-0.15, -0.1) is 11.3 Å². The number of aryl methyl sites for hydroxylation is 3. The molecule has 0 fully saturated rings. The summed E-state index contributed by atoms with van der Waals surface area (Å²) in [5, 5.41) is 10.9. The number of nitrogens with one attached hydrogen (secondary N) is 1. The van der Waals surface area contributed by atoms with Crippen LogP contribution in [0.2, 0.25) is 0 Å².